The summed E-state index contributed by atoms with van der Waals surface area (Å²) in [4.78, 5) is 23.4. The van der Waals surface area contributed by atoms with Crippen molar-refractivity contribution >= 4 is 11.9 Å². The van der Waals surface area contributed by atoms with E-state index in [2.05, 4.69) is 4.74 Å². The van der Waals surface area contributed by atoms with Gasteiger partial charge in [-0.1, -0.05) is 0 Å². The summed E-state index contributed by atoms with van der Waals surface area (Å²) in [6, 6.07) is 5.97. The number of benzene rings is 1. The largest absolute Gasteiger partial charge is 0.465 e. The molecule has 2 aliphatic heterocycles. The number of methoxy groups -OCH3 is 1. The SMILES string of the molecule is COC(=O)c1ccc(C(=O)O[C@@H]2CO[C@H]3[C@@H]2OC[C@@H]3O)cc1. The lowest BCUT2D eigenvalue weighted by Crippen LogP contribution is -2.34. The van der Waals surface area contributed by atoms with Crippen LogP contribution < -0.4 is 0 Å². The van der Waals surface area contributed by atoms with Crippen molar-refractivity contribution in [3.05, 3.63) is 35.4 Å². The van der Waals surface area contributed by atoms with E-state index in [1.54, 1.807) is 0 Å². The number of hydrogen-bond acceptors (Lipinski definition) is 7. The van der Waals surface area contributed by atoms with Gasteiger partial charge < -0.3 is 24.1 Å². The molecule has 0 amide bonds. The van der Waals surface area contributed by atoms with Crippen LogP contribution in [0, 0.1) is 0 Å². The number of aliphatic hydroxyl groups is 1. The number of carbonyl (C=O) groups is 2. The Morgan fingerprint density at radius 3 is 2.27 bits per heavy atom. The summed E-state index contributed by atoms with van der Waals surface area (Å²) in [5.74, 6) is -1.00. The van der Waals surface area contributed by atoms with Gasteiger partial charge in [0.1, 0.15) is 18.3 Å². The molecule has 0 bridgehead atoms. The molecule has 1 aromatic rings. The first-order chi connectivity index (χ1) is 10.6. The van der Waals surface area contributed by atoms with Gasteiger partial charge in [0.05, 0.1) is 31.5 Å². The summed E-state index contributed by atoms with van der Waals surface area (Å²) in [7, 11) is 1.29. The third-order valence-electron chi connectivity index (χ3n) is 3.78. The zero-order chi connectivity index (χ0) is 15.7. The van der Waals surface area contributed by atoms with Gasteiger partial charge in [-0.05, 0) is 24.3 Å². The van der Waals surface area contributed by atoms with Crippen molar-refractivity contribution in [3.63, 3.8) is 0 Å². The molecular weight excluding hydrogens is 292 g/mol. The number of esters is 2. The Bertz CT molecular complexity index is 568. The van der Waals surface area contributed by atoms with Crippen molar-refractivity contribution in [1.82, 2.24) is 0 Å². The highest BCUT2D eigenvalue weighted by molar-refractivity contribution is 5.93. The molecule has 0 aliphatic carbocycles. The molecule has 1 N–H and O–H groups in total. The van der Waals surface area contributed by atoms with E-state index in [0.717, 1.165) is 0 Å². The molecule has 0 spiro atoms. The van der Waals surface area contributed by atoms with E-state index >= 15 is 0 Å². The molecule has 7 heteroatoms. The zero-order valence-electron chi connectivity index (χ0n) is 11.9. The van der Waals surface area contributed by atoms with Crippen LogP contribution in [0.15, 0.2) is 24.3 Å². The smallest absolute Gasteiger partial charge is 0.338 e. The Morgan fingerprint density at radius 1 is 1.05 bits per heavy atom. The van der Waals surface area contributed by atoms with Crippen molar-refractivity contribution in [2.24, 2.45) is 0 Å². The highest BCUT2D eigenvalue weighted by atomic mass is 16.6. The van der Waals surface area contributed by atoms with Crippen molar-refractivity contribution in [2.45, 2.75) is 24.4 Å². The molecule has 0 aromatic heterocycles. The minimum atomic E-state index is -0.687. The summed E-state index contributed by atoms with van der Waals surface area (Å²) >= 11 is 0. The van der Waals surface area contributed by atoms with Crippen LogP contribution in [-0.4, -0.2) is 61.8 Å². The minimum Gasteiger partial charge on any atom is -0.465 e. The maximum absolute atomic E-state index is 12.1. The Kier molecular flexibility index (Phi) is 4.10. The highest BCUT2D eigenvalue weighted by Gasteiger charge is 2.48. The van der Waals surface area contributed by atoms with E-state index in [4.69, 9.17) is 14.2 Å². The van der Waals surface area contributed by atoms with Crippen LogP contribution >= 0.6 is 0 Å². The van der Waals surface area contributed by atoms with Gasteiger partial charge in [-0.25, -0.2) is 9.59 Å². The Morgan fingerprint density at radius 2 is 1.64 bits per heavy atom. The summed E-state index contributed by atoms with van der Waals surface area (Å²) in [5.41, 5.74) is 0.667. The first-order valence-corrected chi connectivity index (χ1v) is 6.91. The van der Waals surface area contributed by atoms with Gasteiger partial charge in [-0.3, -0.25) is 0 Å². The molecule has 0 saturated carbocycles. The van der Waals surface area contributed by atoms with Crippen molar-refractivity contribution in [2.75, 3.05) is 20.3 Å². The van der Waals surface area contributed by atoms with Crippen LogP contribution in [0.3, 0.4) is 0 Å². The molecule has 2 aliphatic rings. The Hall–Kier alpha value is -1.96. The summed E-state index contributed by atoms with van der Waals surface area (Å²) < 4.78 is 20.7. The third kappa shape index (κ3) is 2.70. The molecule has 7 nitrogen and oxygen atoms in total. The van der Waals surface area contributed by atoms with Crippen molar-refractivity contribution < 1.29 is 33.6 Å². The van der Waals surface area contributed by atoms with Crippen LogP contribution in [0.4, 0.5) is 0 Å². The number of ether oxygens (including phenoxy) is 4. The normalized spacial score (nSPS) is 29.9. The van der Waals surface area contributed by atoms with Gasteiger partial charge in [0, 0.05) is 0 Å². The lowest BCUT2D eigenvalue weighted by atomic mass is 10.1. The van der Waals surface area contributed by atoms with E-state index in [9.17, 15) is 14.7 Å². The summed E-state index contributed by atoms with van der Waals surface area (Å²) in [6.07, 6.45) is -2.12. The maximum atomic E-state index is 12.1. The Labute approximate surface area is 126 Å². The standard InChI is InChI=1S/C15H16O7/c1-19-14(17)8-2-4-9(5-3-8)15(18)22-11-7-21-12-10(16)6-20-13(11)12/h2-5,10-13,16H,6-7H2,1H3/t10-,11+,12+,13+/m0/s1. The molecule has 2 fully saturated rings. The predicted molar refractivity (Wildman–Crippen MR) is 72.5 cm³/mol. The van der Waals surface area contributed by atoms with E-state index < -0.39 is 36.4 Å². The number of rotatable bonds is 3. The van der Waals surface area contributed by atoms with Gasteiger partial charge in [-0.15, -0.1) is 0 Å². The lowest BCUT2D eigenvalue weighted by molar-refractivity contribution is -0.0209. The fourth-order valence-electron chi connectivity index (χ4n) is 2.61. The van der Waals surface area contributed by atoms with Crippen molar-refractivity contribution in [3.8, 4) is 0 Å². The zero-order valence-corrected chi connectivity index (χ0v) is 11.9. The van der Waals surface area contributed by atoms with Crippen LogP contribution in [0.5, 0.6) is 0 Å². The van der Waals surface area contributed by atoms with Crippen LogP contribution in [-0.2, 0) is 18.9 Å². The topological polar surface area (TPSA) is 91.3 Å². The van der Waals surface area contributed by atoms with Crippen LogP contribution in [0.25, 0.3) is 0 Å². The van der Waals surface area contributed by atoms with Crippen LogP contribution in [0.1, 0.15) is 20.7 Å². The van der Waals surface area contributed by atoms with E-state index in [1.807, 2.05) is 0 Å². The quantitative estimate of drug-likeness (QED) is 0.795. The fourth-order valence-corrected chi connectivity index (χ4v) is 2.61. The first kappa shape index (κ1) is 15.0. The fraction of sp³-hybridized carbons (Fsp3) is 0.467. The number of fused-ring (bicyclic) bond motifs is 1. The summed E-state index contributed by atoms with van der Waals surface area (Å²) in [6.45, 7) is 0.371. The van der Waals surface area contributed by atoms with Crippen LogP contribution in [0.2, 0.25) is 0 Å². The average Bonchev–Trinajstić information content (AvgIpc) is 3.11. The second-order valence-corrected chi connectivity index (χ2v) is 5.18. The molecule has 2 saturated heterocycles. The second-order valence-electron chi connectivity index (χ2n) is 5.18. The van der Waals surface area contributed by atoms with Gasteiger partial charge in [0.25, 0.3) is 0 Å². The van der Waals surface area contributed by atoms with Gasteiger partial charge >= 0.3 is 11.9 Å². The van der Waals surface area contributed by atoms with Gasteiger partial charge in [0.15, 0.2) is 6.10 Å². The van der Waals surface area contributed by atoms with E-state index in [-0.39, 0.29) is 13.2 Å². The molecular formula is C15H16O7. The number of hydrogen-bond donors (Lipinski definition) is 1. The molecule has 1 aromatic carbocycles. The van der Waals surface area contributed by atoms with Gasteiger partial charge in [-0.2, -0.15) is 0 Å². The van der Waals surface area contributed by atoms with Gasteiger partial charge in [0.2, 0.25) is 0 Å². The van der Waals surface area contributed by atoms with E-state index in [0.29, 0.717) is 11.1 Å². The molecule has 0 unspecified atom stereocenters. The third-order valence-corrected chi connectivity index (χ3v) is 3.78. The lowest BCUT2D eigenvalue weighted by Gasteiger charge is -2.16. The second kappa shape index (κ2) is 6.04. The summed E-state index contributed by atoms with van der Waals surface area (Å²) in [5, 5.41) is 9.64. The van der Waals surface area contributed by atoms with E-state index in [1.165, 1.54) is 31.4 Å². The first-order valence-electron chi connectivity index (χ1n) is 6.91. The minimum absolute atomic E-state index is 0.178. The highest BCUT2D eigenvalue weighted by Crippen LogP contribution is 2.29. The average molecular weight is 308 g/mol. The molecule has 118 valence electrons. The van der Waals surface area contributed by atoms with Crippen molar-refractivity contribution in [1.29, 1.82) is 0 Å². The monoisotopic (exact) mass is 308 g/mol. The molecule has 4 atom stereocenters. The number of carbonyl (C=O) groups excluding carboxylic acids is 2. The molecule has 0 radical (unpaired) electrons. The number of aliphatic hydroxyl groups excluding tert-OH is 1. The molecule has 3 rings (SSSR count). The Balaban J connectivity index is 1.64. The molecule has 22 heavy (non-hydrogen) atoms. The maximum Gasteiger partial charge on any atom is 0.338 e. The predicted octanol–water partition coefficient (Wildman–Crippen LogP) is 0.157. The molecule has 2 heterocycles.